The Morgan fingerprint density at radius 1 is 0.962 bits per heavy atom. The lowest BCUT2D eigenvalue weighted by molar-refractivity contribution is -0.176. The topological polar surface area (TPSA) is 77.8 Å². The molecule has 4 aliphatic rings. The van der Waals surface area contributed by atoms with Crippen molar-refractivity contribution in [1.82, 2.24) is 0 Å². The number of rotatable bonds is 2. The monoisotopic (exact) mass is 364 g/mol. The van der Waals surface area contributed by atoms with Gasteiger partial charge in [-0.15, -0.1) is 0 Å². The summed E-state index contributed by atoms with van der Waals surface area (Å²) in [7, 11) is 0. The molecule has 0 saturated heterocycles. The first-order chi connectivity index (χ1) is 12.2. The van der Waals surface area contributed by atoms with Gasteiger partial charge in [0.15, 0.2) is 0 Å². The molecule has 0 heterocycles. The molecular weight excluding hydrogens is 328 g/mol. The maximum absolute atomic E-state index is 11.6. The smallest absolute Gasteiger partial charge is 0.306 e. The fourth-order valence-electron chi connectivity index (χ4n) is 8.23. The van der Waals surface area contributed by atoms with E-state index in [0.717, 1.165) is 51.4 Å². The van der Waals surface area contributed by atoms with E-state index in [1.807, 2.05) is 6.92 Å². The molecule has 0 radical (unpaired) electrons. The first kappa shape index (κ1) is 18.7. The fourth-order valence-corrected chi connectivity index (χ4v) is 8.23. The van der Waals surface area contributed by atoms with Crippen molar-refractivity contribution in [3.63, 3.8) is 0 Å². The normalized spacial score (nSPS) is 54.7. The highest BCUT2D eigenvalue weighted by Gasteiger charge is 2.63. The molecular formula is C22H36O4. The third-order valence-electron chi connectivity index (χ3n) is 9.72. The maximum atomic E-state index is 11.6. The average molecular weight is 365 g/mol. The van der Waals surface area contributed by atoms with Gasteiger partial charge in [-0.05, 0) is 91.8 Å². The van der Waals surface area contributed by atoms with Crippen molar-refractivity contribution in [3.05, 3.63) is 0 Å². The highest BCUT2D eigenvalue weighted by atomic mass is 16.4. The number of aliphatic hydroxyl groups is 2. The van der Waals surface area contributed by atoms with Crippen LogP contribution in [0.2, 0.25) is 0 Å². The minimum Gasteiger partial charge on any atom is -0.481 e. The summed E-state index contributed by atoms with van der Waals surface area (Å²) >= 11 is 0. The van der Waals surface area contributed by atoms with E-state index in [1.165, 1.54) is 0 Å². The Morgan fingerprint density at radius 3 is 2.31 bits per heavy atom. The van der Waals surface area contributed by atoms with Crippen molar-refractivity contribution >= 4 is 5.97 Å². The van der Waals surface area contributed by atoms with Crippen LogP contribution in [0.25, 0.3) is 0 Å². The van der Waals surface area contributed by atoms with Gasteiger partial charge in [-0.1, -0.05) is 20.8 Å². The summed E-state index contributed by atoms with van der Waals surface area (Å²) in [5.74, 6) is 0.996. The van der Waals surface area contributed by atoms with E-state index in [0.29, 0.717) is 23.7 Å². The summed E-state index contributed by atoms with van der Waals surface area (Å²) in [5.41, 5.74) is 0.290. The molecule has 3 N–H and O–H groups in total. The Bertz CT molecular complexity index is 576. The average Bonchev–Trinajstić information content (AvgIpc) is 2.93. The molecule has 0 aromatic heterocycles. The summed E-state index contributed by atoms with van der Waals surface area (Å²) in [5, 5.41) is 30.9. The summed E-state index contributed by atoms with van der Waals surface area (Å²) in [6, 6.07) is 0. The van der Waals surface area contributed by atoms with Gasteiger partial charge in [0, 0.05) is 0 Å². The Hall–Kier alpha value is -0.610. The number of hydrogen-bond acceptors (Lipinski definition) is 3. The van der Waals surface area contributed by atoms with E-state index in [2.05, 4.69) is 13.8 Å². The van der Waals surface area contributed by atoms with Gasteiger partial charge < -0.3 is 15.3 Å². The van der Waals surface area contributed by atoms with Crippen molar-refractivity contribution in [2.45, 2.75) is 84.3 Å². The minimum atomic E-state index is -0.670. The number of aliphatic hydroxyl groups excluding tert-OH is 2. The lowest BCUT2D eigenvalue weighted by Crippen LogP contribution is -2.58. The van der Waals surface area contributed by atoms with Crippen LogP contribution < -0.4 is 0 Å². The molecule has 4 aliphatic carbocycles. The highest BCUT2D eigenvalue weighted by Crippen LogP contribution is 2.68. The summed E-state index contributed by atoms with van der Waals surface area (Å²) in [4.78, 5) is 11.6. The third kappa shape index (κ3) is 2.51. The van der Waals surface area contributed by atoms with E-state index in [9.17, 15) is 20.1 Å². The second-order valence-electron chi connectivity index (χ2n) is 10.6. The van der Waals surface area contributed by atoms with Crippen molar-refractivity contribution < 1.29 is 20.1 Å². The first-order valence-corrected chi connectivity index (χ1v) is 10.8. The van der Waals surface area contributed by atoms with E-state index in [4.69, 9.17) is 0 Å². The van der Waals surface area contributed by atoms with Crippen LogP contribution in [-0.2, 0) is 4.79 Å². The number of carboxylic acid groups (broad SMARTS) is 1. The van der Waals surface area contributed by atoms with Crippen LogP contribution in [0.5, 0.6) is 0 Å². The van der Waals surface area contributed by atoms with E-state index in [-0.39, 0.29) is 34.9 Å². The molecule has 0 aliphatic heterocycles. The number of hydrogen-bond donors (Lipinski definition) is 3. The second-order valence-corrected chi connectivity index (χ2v) is 10.6. The largest absolute Gasteiger partial charge is 0.481 e. The molecule has 0 bridgehead atoms. The molecule has 4 heteroatoms. The molecule has 4 saturated carbocycles. The van der Waals surface area contributed by atoms with Crippen LogP contribution in [0.15, 0.2) is 0 Å². The predicted octanol–water partition coefficient (Wildman–Crippen LogP) is 3.70. The molecule has 26 heavy (non-hydrogen) atoms. The number of fused-ring (bicyclic) bond motifs is 5. The molecule has 0 spiro atoms. The molecule has 0 amide bonds. The number of carbonyl (C=O) groups is 1. The zero-order valence-electron chi connectivity index (χ0n) is 16.5. The lowest BCUT2D eigenvalue weighted by atomic mass is 9.43. The molecule has 4 fully saturated rings. The second kappa shape index (κ2) is 6.20. The van der Waals surface area contributed by atoms with Crippen LogP contribution in [-0.4, -0.2) is 33.5 Å². The van der Waals surface area contributed by atoms with Crippen molar-refractivity contribution in [3.8, 4) is 0 Å². The number of carboxylic acids is 1. The van der Waals surface area contributed by atoms with Gasteiger partial charge in [0.05, 0.1) is 18.1 Å². The van der Waals surface area contributed by atoms with Gasteiger partial charge in [0.2, 0.25) is 0 Å². The Kier molecular flexibility index (Phi) is 4.47. The van der Waals surface area contributed by atoms with E-state index >= 15 is 0 Å². The molecule has 148 valence electrons. The minimum absolute atomic E-state index is 0.0529. The molecule has 0 aromatic carbocycles. The van der Waals surface area contributed by atoms with Gasteiger partial charge >= 0.3 is 5.97 Å². The maximum Gasteiger partial charge on any atom is 0.306 e. The van der Waals surface area contributed by atoms with Crippen molar-refractivity contribution in [2.75, 3.05) is 0 Å². The highest BCUT2D eigenvalue weighted by molar-refractivity contribution is 5.70. The van der Waals surface area contributed by atoms with Crippen LogP contribution in [0.3, 0.4) is 0 Å². The summed E-state index contributed by atoms with van der Waals surface area (Å²) in [6.07, 6.45) is 7.42. The quantitative estimate of drug-likeness (QED) is 0.698. The summed E-state index contributed by atoms with van der Waals surface area (Å²) < 4.78 is 0. The molecule has 0 aromatic rings. The fraction of sp³-hybridized carbons (Fsp3) is 0.955. The van der Waals surface area contributed by atoms with Crippen molar-refractivity contribution in [2.24, 2.45) is 46.3 Å². The summed E-state index contributed by atoms with van der Waals surface area (Å²) in [6.45, 7) is 6.61. The first-order valence-electron chi connectivity index (χ1n) is 10.8. The molecule has 10 atom stereocenters. The van der Waals surface area contributed by atoms with E-state index in [1.54, 1.807) is 0 Å². The molecule has 4 rings (SSSR count). The van der Waals surface area contributed by atoms with Gasteiger partial charge in [-0.3, -0.25) is 4.79 Å². The predicted molar refractivity (Wildman–Crippen MR) is 99.4 cm³/mol. The van der Waals surface area contributed by atoms with E-state index < -0.39 is 5.97 Å². The third-order valence-corrected chi connectivity index (χ3v) is 9.72. The zero-order valence-corrected chi connectivity index (χ0v) is 16.5. The van der Waals surface area contributed by atoms with Crippen molar-refractivity contribution in [1.29, 1.82) is 0 Å². The zero-order chi connectivity index (χ0) is 18.9. The van der Waals surface area contributed by atoms with Gasteiger partial charge in [-0.25, -0.2) is 0 Å². The van der Waals surface area contributed by atoms with Crippen LogP contribution >= 0.6 is 0 Å². The Labute approximate surface area is 157 Å². The van der Waals surface area contributed by atoms with Gasteiger partial charge in [0.1, 0.15) is 0 Å². The van der Waals surface area contributed by atoms with Gasteiger partial charge in [0.25, 0.3) is 0 Å². The Morgan fingerprint density at radius 2 is 1.62 bits per heavy atom. The standard InChI is InChI=1S/C22H36O4/c1-12(20(25)26)15-4-5-16-19-17(7-9-22(15,16)3)21(2)8-6-14(23)10-13(21)11-18(19)24/h12-19,23-24H,4-11H2,1-3H3,(H,25,26)/t12-,13-,14+,15+,16-,17-,18-,19-,21-,22+/m0/s1. The SMILES string of the molecule is C[C@H](C(=O)O)[C@H]1CC[C@H]2[C@@H]3[C@@H](O)C[C@@H]4C[C@H](O)CC[C@]4(C)[C@H]3CC[C@]12C. The van der Waals surface area contributed by atoms with Crippen LogP contribution in [0, 0.1) is 46.3 Å². The lowest BCUT2D eigenvalue weighted by Gasteiger charge is -2.62. The number of aliphatic carboxylic acids is 1. The molecule has 4 nitrogen and oxygen atoms in total. The van der Waals surface area contributed by atoms with Crippen LogP contribution in [0.4, 0.5) is 0 Å². The van der Waals surface area contributed by atoms with Gasteiger partial charge in [-0.2, -0.15) is 0 Å². The van der Waals surface area contributed by atoms with Crippen LogP contribution in [0.1, 0.15) is 72.1 Å². The Balaban J connectivity index is 1.64. The molecule has 0 unspecified atom stereocenters.